The lowest BCUT2D eigenvalue weighted by molar-refractivity contribution is 0.0984. The van der Waals surface area contributed by atoms with Crippen LogP contribution in [-0.4, -0.2) is 24.7 Å². The summed E-state index contributed by atoms with van der Waals surface area (Å²) in [5.41, 5.74) is 3.26. The van der Waals surface area contributed by atoms with Crippen molar-refractivity contribution >= 4 is 17.3 Å². The van der Waals surface area contributed by atoms with Gasteiger partial charge in [-0.15, -0.1) is 0 Å². The Labute approximate surface area is 153 Å². The maximum atomic E-state index is 12.7. The SMILES string of the molecule is Cc1cccc(N(CC(=O)c2ccccc2)CC(=O)c2ccccc2)c1. The van der Waals surface area contributed by atoms with Crippen LogP contribution in [0.2, 0.25) is 0 Å². The van der Waals surface area contributed by atoms with Crippen LogP contribution in [0.5, 0.6) is 0 Å². The van der Waals surface area contributed by atoms with E-state index < -0.39 is 0 Å². The van der Waals surface area contributed by atoms with Gasteiger partial charge in [0.2, 0.25) is 0 Å². The van der Waals surface area contributed by atoms with Gasteiger partial charge in [-0.3, -0.25) is 9.59 Å². The first kappa shape index (κ1) is 17.6. The number of nitrogens with zero attached hydrogens (tertiary/aromatic N) is 1. The molecule has 130 valence electrons. The molecule has 0 fully saturated rings. The van der Waals surface area contributed by atoms with Crippen LogP contribution in [0, 0.1) is 6.92 Å². The summed E-state index contributed by atoms with van der Waals surface area (Å²) in [4.78, 5) is 27.2. The van der Waals surface area contributed by atoms with E-state index in [4.69, 9.17) is 0 Å². The van der Waals surface area contributed by atoms with Crippen molar-refractivity contribution in [2.75, 3.05) is 18.0 Å². The first-order valence-corrected chi connectivity index (χ1v) is 8.61. The van der Waals surface area contributed by atoms with Gasteiger partial charge in [0, 0.05) is 16.8 Å². The second-order valence-corrected chi connectivity index (χ2v) is 6.27. The highest BCUT2D eigenvalue weighted by atomic mass is 16.1. The van der Waals surface area contributed by atoms with E-state index in [9.17, 15) is 9.59 Å². The zero-order valence-electron chi connectivity index (χ0n) is 14.8. The van der Waals surface area contributed by atoms with Crippen LogP contribution in [0.4, 0.5) is 5.69 Å². The van der Waals surface area contributed by atoms with E-state index in [0.29, 0.717) is 11.1 Å². The van der Waals surface area contributed by atoms with Crippen molar-refractivity contribution in [3.63, 3.8) is 0 Å². The highest BCUT2D eigenvalue weighted by molar-refractivity contribution is 6.02. The van der Waals surface area contributed by atoms with E-state index >= 15 is 0 Å². The number of benzene rings is 3. The quantitative estimate of drug-likeness (QED) is 0.590. The molecule has 3 aromatic carbocycles. The average Bonchev–Trinajstić information content (AvgIpc) is 2.68. The molecule has 0 amide bonds. The molecule has 3 rings (SSSR count). The second kappa shape index (κ2) is 8.26. The predicted octanol–water partition coefficient (Wildman–Crippen LogP) is 4.57. The van der Waals surface area contributed by atoms with Crippen molar-refractivity contribution in [2.24, 2.45) is 0 Å². The molecule has 3 heteroatoms. The second-order valence-electron chi connectivity index (χ2n) is 6.27. The molecule has 0 unspecified atom stereocenters. The van der Waals surface area contributed by atoms with Crippen molar-refractivity contribution in [2.45, 2.75) is 6.92 Å². The van der Waals surface area contributed by atoms with Crippen LogP contribution in [0.3, 0.4) is 0 Å². The molecular weight excluding hydrogens is 322 g/mol. The van der Waals surface area contributed by atoms with Gasteiger partial charge < -0.3 is 4.90 Å². The van der Waals surface area contributed by atoms with Crippen LogP contribution in [0.25, 0.3) is 0 Å². The molecule has 0 aliphatic rings. The smallest absolute Gasteiger partial charge is 0.182 e. The molecular formula is C23H21NO2. The summed E-state index contributed by atoms with van der Waals surface area (Å²) >= 11 is 0. The molecule has 0 radical (unpaired) electrons. The lowest BCUT2D eigenvalue weighted by Crippen LogP contribution is -2.34. The molecule has 0 N–H and O–H groups in total. The summed E-state index contributed by atoms with van der Waals surface area (Å²) in [7, 11) is 0. The number of rotatable bonds is 7. The zero-order valence-corrected chi connectivity index (χ0v) is 14.8. The number of hydrogen-bond donors (Lipinski definition) is 0. The minimum Gasteiger partial charge on any atom is -0.356 e. The van der Waals surface area contributed by atoms with Gasteiger partial charge in [-0.2, -0.15) is 0 Å². The fourth-order valence-corrected chi connectivity index (χ4v) is 2.84. The Hall–Kier alpha value is -3.20. The number of carbonyl (C=O) groups is 2. The Morgan fingerprint density at radius 3 is 1.65 bits per heavy atom. The Morgan fingerprint density at radius 2 is 1.19 bits per heavy atom. The van der Waals surface area contributed by atoms with Crippen molar-refractivity contribution in [1.29, 1.82) is 0 Å². The van der Waals surface area contributed by atoms with Gasteiger partial charge in [-0.1, -0.05) is 72.8 Å². The molecule has 0 aliphatic carbocycles. The van der Waals surface area contributed by atoms with E-state index in [0.717, 1.165) is 11.3 Å². The molecule has 3 nitrogen and oxygen atoms in total. The number of anilines is 1. The monoisotopic (exact) mass is 343 g/mol. The molecule has 0 aromatic heterocycles. The Bertz CT molecular complexity index is 835. The number of aryl methyl sites for hydroxylation is 1. The largest absolute Gasteiger partial charge is 0.356 e. The standard InChI is InChI=1S/C23H21NO2/c1-18-9-8-14-21(15-18)24(16-22(25)19-10-4-2-5-11-19)17-23(26)20-12-6-3-7-13-20/h2-15H,16-17H2,1H3. The van der Waals surface area contributed by atoms with Crippen molar-refractivity contribution in [3.05, 3.63) is 102 Å². The summed E-state index contributed by atoms with van der Waals surface area (Å²) in [5.74, 6) is -0.0130. The van der Waals surface area contributed by atoms with E-state index in [1.807, 2.05) is 72.5 Å². The molecule has 3 aromatic rings. The summed E-state index contributed by atoms with van der Waals surface area (Å²) in [5, 5.41) is 0. The number of Topliss-reactive ketones (excluding diaryl/α,β-unsaturated/α-hetero) is 2. The molecule has 0 heterocycles. The Morgan fingerprint density at radius 1 is 0.692 bits per heavy atom. The van der Waals surface area contributed by atoms with Gasteiger partial charge in [0.15, 0.2) is 11.6 Å². The van der Waals surface area contributed by atoms with Crippen LogP contribution < -0.4 is 4.90 Å². The molecule has 0 saturated carbocycles. The number of ketones is 2. The third-order valence-electron chi connectivity index (χ3n) is 4.23. The average molecular weight is 343 g/mol. The number of carbonyl (C=O) groups excluding carboxylic acids is 2. The third-order valence-corrected chi connectivity index (χ3v) is 4.23. The van der Waals surface area contributed by atoms with Crippen LogP contribution in [0.1, 0.15) is 26.3 Å². The van der Waals surface area contributed by atoms with E-state index in [1.165, 1.54) is 0 Å². The molecule has 0 spiro atoms. The van der Waals surface area contributed by atoms with E-state index in [2.05, 4.69) is 0 Å². The van der Waals surface area contributed by atoms with Gasteiger partial charge in [0.25, 0.3) is 0 Å². The van der Waals surface area contributed by atoms with Crippen LogP contribution in [-0.2, 0) is 0 Å². The third kappa shape index (κ3) is 4.45. The van der Waals surface area contributed by atoms with Gasteiger partial charge >= 0.3 is 0 Å². The normalized spacial score (nSPS) is 10.3. The topological polar surface area (TPSA) is 37.4 Å². The van der Waals surface area contributed by atoms with Gasteiger partial charge in [-0.05, 0) is 24.6 Å². The van der Waals surface area contributed by atoms with Crippen LogP contribution >= 0.6 is 0 Å². The Kier molecular flexibility index (Phi) is 5.59. The highest BCUT2D eigenvalue weighted by Gasteiger charge is 2.17. The maximum absolute atomic E-state index is 12.7. The fraction of sp³-hybridized carbons (Fsp3) is 0.130. The van der Waals surface area contributed by atoms with Crippen molar-refractivity contribution < 1.29 is 9.59 Å². The highest BCUT2D eigenvalue weighted by Crippen LogP contribution is 2.18. The summed E-state index contributed by atoms with van der Waals surface area (Å²) in [6, 6.07) is 26.2. The summed E-state index contributed by atoms with van der Waals surface area (Å²) < 4.78 is 0. The van der Waals surface area contributed by atoms with Crippen molar-refractivity contribution in [1.82, 2.24) is 0 Å². The van der Waals surface area contributed by atoms with E-state index in [-0.39, 0.29) is 24.7 Å². The van der Waals surface area contributed by atoms with Gasteiger partial charge in [0.05, 0.1) is 13.1 Å². The van der Waals surface area contributed by atoms with E-state index in [1.54, 1.807) is 24.3 Å². The van der Waals surface area contributed by atoms with Gasteiger partial charge in [-0.25, -0.2) is 0 Å². The first-order valence-electron chi connectivity index (χ1n) is 8.61. The maximum Gasteiger partial charge on any atom is 0.182 e. The zero-order chi connectivity index (χ0) is 18.4. The van der Waals surface area contributed by atoms with Crippen molar-refractivity contribution in [3.8, 4) is 0 Å². The molecule has 26 heavy (non-hydrogen) atoms. The molecule has 0 atom stereocenters. The summed E-state index contributed by atoms with van der Waals surface area (Å²) in [6.07, 6.45) is 0. The molecule has 0 bridgehead atoms. The minimum absolute atomic E-state index is 0.00651. The lowest BCUT2D eigenvalue weighted by Gasteiger charge is -2.24. The minimum atomic E-state index is -0.00651. The fourth-order valence-electron chi connectivity index (χ4n) is 2.84. The Balaban J connectivity index is 1.84. The lowest BCUT2D eigenvalue weighted by atomic mass is 10.1. The predicted molar refractivity (Wildman–Crippen MR) is 105 cm³/mol. The van der Waals surface area contributed by atoms with Gasteiger partial charge in [0.1, 0.15) is 0 Å². The number of hydrogen-bond acceptors (Lipinski definition) is 3. The van der Waals surface area contributed by atoms with Crippen LogP contribution in [0.15, 0.2) is 84.9 Å². The molecule has 0 aliphatic heterocycles. The first-order chi connectivity index (χ1) is 12.6. The molecule has 0 saturated heterocycles. The summed E-state index contributed by atoms with van der Waals surface area (Å²) in [6.45, 7) is 2.32.